The minimum absolute atomic E-state index is 0.745. The SMILES string of the molecule is Cc1csc(Cc2nnc3n2CCOCC3)n1. The highest BCUT2D eigenvalue weighted by molar-refractivity contribution is 7.09. The monoisotopic (exact) mass is 250 g/mol. The molecule has 1 aliphatic rings. The number of hydrogen-bond acceptors (Lipinski definition) is 5. The Morgan fingerprint density at radius 2 is 2.35 bits per heavy atom. The average Bonchev–Trinajstić information content (AvgIpc) is 2.80. The molecular weight excluding hydrogens is 236 g/mol. The lowest BCUT2D eigenvalue weighted by Crippen LogP contribution is -2.08. The van der Waals surface area contributed by atoms with Crippen molar-refractivity contribution in [2.24, 2.45) is 0 Å². The van der Waals surface area contributed by atoms with Crippen LogP contribution in [-0.4, -0.2) is 33.0 Å². The van der Waals surface area contributed by atoms with Crippen molar-refractivity contribution in [2.45, 2.75) is 26.3 Å². The van der Waals surface area contributed by atoms with E-state index in [1.165, 1.54) is 0 Å². The van der Waals surface area contributed by atoms with Crippen LogP contribution in [-0.2, 0) is 24.1 Å². The van der Waals surface area contributed by atoms with Crippen LogP contribution in [0.3, 0.4) is 0 Å². The fraction of sp³-hybridized carbons (Fsp3) is 0.545. The highest BCUT2D eigenvalue weighted by atomic mass is 32.1. The van der Waals surface area contributed by atoms with Crippen LogP contribution >= 0.6 is 11.3 Å². The van der Waals surface area contributed by atoms with Gasteiger partial charge < -0.3 is 9.30 Å². The molecule has 6 heteroatoms. The van der Waals surface area contributed by atoms with Crippen LogP contribution in [0.15, 0.2) is 5.38 Å². The zero-order valence-corrected chi connectivity index (χ0v) is 10.5. The number of aromatic nitrogens is 4. The summed E-state index contributed by atoms with van der Waals surface area (Å²) in [6.45, 7) is 4.35. The van der Waals surface area contributed by atoms with E-state index in [0.717, 1.165) is 55.0 Å². The summed E-state index contributed by atoms with van der Waals surface area (Å²) in [6, 6.07) is 0. The number of ether oxygens (including phenoxy) is 1. The Morgan fingerprint density at radius 3 is 3.18 bits per heavy atom. The van der Waals surface area contributed by atoms with E-state index in [0.29, 0.717) is 0 Å². The van der Waals surface area contributed by atoms with Gasteiger partial charge in [0.25, 0.3) is 0 Å². The molecule has 0 saturated heterocycles. The van der Waals surface area contributed by atoms with Gasteiger partial charge in [-0.05, 0) is 6.92 Å². The van der Waals surface area contributed by atoms with Crippen LogP contribution in [0.25, 0.3) is 0 Å². The largest absolute Gasteiger partial charge is 0.379 e. The molecule has 0 radical (unpaired) electrons. The van der Waals surface area contributed by atoms with E-state index >= 15 is 0 Å². The molecule has 2 aromatic rings. The number of nitrogens with zero attached hydrogens (tertiary/aromatic N) is 4. The summed E-state index contributed by atoms with van der Waals surface area (Å²) in [7, 11) is 0. The first-order valence-corrected chi connectivity index (χ1v) is 6.60. The van der Waals surface area contributed by atoms with Gasteiger partial charge in [0.15, 0.2) is 0 Å². The minimum atomic E-state index is 0.745. The summed E-state index contributed by atoms with van der Waals surface area (Å²) >= 11 is 1.68. The average molecular weight is 250 g/mol. The van der Waals surface area contributed by atoms with Crippen molar-refractivity contribution in [1.29, 1.82) is 0 Å². The molecular formula is C11H14N4OS. The Labute approximate surface area is 103 Å². The molecule has 0 saturated carbocycles. The third-order valence-corrected chi connectivity index (χ3v) is 3.78. The maximum atomic E-state index is 5.44. The van der Waals surface area contributed by atoms with Gasteiger partial charge in [-0.25, -0.2) is 4.98 Å². The van der Waals surface area contributed by atoms with E-state index < -0.39 is 0 Å². The number of hydrogen-bond donors (Lipinski definition) is 0. The smallest absolute Gasteiger partial charge is 0.139 e. The normalized spacial score (nSPS) is 15.6. The Hall–Kier alpha value is -1.27. The van der Waals surface area contributed by atoms with Crippen LogP contribution in [0.1, 0.15) is 22.4 Å². The van der Waals surface area contributed by atoms with Crippen molar-refractivity contribution >= 4 is 11.3 Å². The van der Waals surface area contributed by atoms with Crippen LogP contribution < -0.4 is 0 Å². The quantitative estimate of drug-likeness (QED) is 0.804. The van der Waals surface area contributed by atoms with Gasteiger partial charge in [0, 0.05) is 24.0 Å². The van der Waals surface area contributed by atoms with E-state index in [2.05, 4.69) is 25.1 Å². The predicted octanol–water partition coefficient (Wildman–Crippen LogP) is 1.21. The van der Waals surface area contributed by atoms with Gasteiger partial charge in [0.1, 0.15) is 16.7 Å². The first kappa shape index (κ1) is 10.9. The van der Waals surface area contributed by atoms with Crippen molar-refractivity contribution in [1.82, 2.24) is 19.7 Å². The van der Waals surface area contributed by atoms with E-state index in [-0.39, 0.29) is 0 Å². The molecule has 17 heavy (non-hydrogen) atoms. The molecule has 90 valence electrons. The van der Waals surface area contributed by atoms with Gasteiger partial charge in [-0.1, -0.05) is 0 Å². The van der Waals surface area contributed by atoms with Gasteiger partial charge in [0.05, 0.1) is 19.6 Å². The first-order valence-electron chi connectivity index (χ1n) is 5.72. The lowest BCUT2D eigenvalue weighted by Gasteiger charge is -2.04. The third kappa shape index (κ3) is 2.23. The topological polar surface area (TPSA) is 52.8 Å². The van der Waals surface area contributed by atoms with Gasteiger partial charge >= 0.3 is 0 Å². The van der Waals surface area contributed by atoms with Crippen LogP contribution in [0.4, 0.5) is 0 Å². The summed E-state index contributed by atoms with van der Waals surface area (Å²) in [5.74, 6) is 2.03. The predicted molar refractivity (Wildman–Crippen MR) is 64.2 cm³/mol. The Balaban J connectivity index is 1.86. The molecule has 0 atom stereocenters. The minimum Gasteiger partial charge on any atom is -0.379 e. The Kier molecular flexibility index (Phi) is 2.90. The summed E-state index contributed by atoms with van der Waals surface area (Å²) in [5, 5.41) is 11.7. The molecule has 0 amide bonds. The fourth-order valence-electron chi connectivity index (χ4n) is 1.99. The summed E-state index contributed by atoms with van der Waals surface area (Å²) in [6.07, 6.45) is 1.62. The van der Waals surface area contributed by atoms with E-state index in [1.54, 1.807) is 11.3 Å². The van der Waals surface area contributed by atoms with E-state index in [9.17, 15) is 0 Å². The number of rotatable bonds is 2. The molecule has 3 rings (SSSR count). The molecule has 5 nitrogen and oxygen atoms in total. The highest BCUT2D eigenvalue weighted by Gasteiger charge is 2.15. The summed E-state index contributed by atoms with van der Waals surface area (Å²) in [5.41, 5.74) is 1.07. The van der Waals surface area contributed by atoms with Crippen LogP contribution in [0.2, 0.25) is 0 Å². The molecule has 3 heterocycles. The van der Waals surface area contributed by atoms with Gasteiger partial charge in [-0.15, -0.1) is 21.5 Å². The van der Waals surface area contributed by atoms with Gasteiger partial charge in [0.2, 0.25) is 0 Å². The number of aryl methyl sites for hydroxylation is 1. The Morgan fingerprint density at radius 1 is 1.41 bits per heavy atom. The first-order chi connectivity index (χ1) is 8.33. The molecule has 0 aliphatic carbocycles. The number of thiazole rings is 1. The van der Waals surface area contributed by atoms with Gasteiger partial charge in [-0.2, -0.15) is 0 Å². The zero-order chi connectivity index (χ0) is 11.7. The molecule has 0 bridgehead atoms. The standard InChI is InChI=1S/C11H14N4OS/c1-8-7-17-11(12-8)6-10-14-13-9-2-4-16-5-3-15(9)10/h7H,2-6H2,1H3. The molecule has 0 spiro atoms. The summed E-state index contributed by atoms with van der Waals surface area (Å²) in [4.78, 5) is 4.46. The zero-order valence-electron chi connectivity index (χ0n) is 9.72. The molecule has 0 aromatic carbocycles. The highest BCUT2D eigenvalue weighted by Crippen LogP contribution is 2.15. The molecule has 2 aromatic heterocycles. The molecule has 0 fully saturated rings. The molecule has 0 N–H and O–H groups in total. The third-order valence-electron chi connectivity index (χ3n) is 2.81. The van der Waals surface area contributed by atoms with Crippen molar-refractivity contribution in [3.63, 3.8) is 0 Å². The van der Waals surface area contributed by atoms with Crippen molar-refractivity contribution < 1.29 is 4.74 Å². The van der Waals surface area contributed by atoms with Crippen molar-refractivity contribution in [2.75, 3.05) is 13.2 Å². The molecule has 1 aliphatic heterocycles. The second-order valence-corrected chi connectivity index (χ2v) is 5.05. The maximum Gasteiger partial charge on any atom is 0.139 e. The van der Waals surface area contributed by atoms with Gasteiger partial charge in [-0.3, -0.25) is 0 Å². The number of fused-ring (bicyclic) bond motifs is 1. The Bertz CT molecular complexity index is 519. The maximum absolute atomic E-state index is 5.44. The lowest BCUT2D eigenvalue weighted by molar-refractivity contribution is 0.139. The van der Waals surface area contributed by atoms with E-state index in [1.807, 2.05) is 6.92 Å². The van der Waals surface area contributed by atoms with Crippen molar-refractivity contribution in [3.05, 3.63) is 27.7 Å². The summed E-state index contributed by atoms with van der Waals surface area (Å²) < 4.78 is 7.61. The van der Waals surface area contributed by atoms with Crippen LogP contribution in [0.5, 0.6) is 0 Å². The van der Waals surface area contributed by atoms with E-state index in [4.69, 9.17) is 4.74 Å². The second-order valence-electron chi connectivity index (χ2n) is 4.11. The fourth-order valence-corrected chi connectivity index (χ4v) is 2.76. The molecule has 0 unspecified atom stereocenters. The van der Waals surface area contributed by atoms with Crippen molar-refractivity contribution in [3.8, 4) is 0 Å². The second kappa shape index (κ2) is 4.54. The lowest BCUT2D eigenvalue weighted by atomic mass is 10.4. The van der Waals surface area contributed by atoms with Crippen LogP contribution in [0, 0.1) is 6.92 Å².